The third-order valence-corrected chi connectivity index (χ3v) is 3.53. The Labute approximate surface area is 110 Å². The molecular formula is C14H24N2S. The Morgan fingerprint density at radius 1 is 1.18 bits per heavy atom. The molecule has 0 aliphatic heterocycles. The highest BCUT2D eigenvalue weighted by Crippen LogP contribution is 2.19. The Morgan fingerprint density at radius 3 is 2.24 bits per heavy atom. The molecule has 2 unspecified atom stereocenters. The first kappa shape index (κ1) is 14.6. The fourth-order valence-electron chi connectivity index (χ4n) is 2.02. The summed E-state index contributed by atoms with van der Waals surface area (Å²) in [6, 6.07) is 9.71. The Hall–Kier alpha value is -0.510. The van der Waals surface area contributed by atoms with E-state index >= 15 is 0 Å². The molecule has 0 aromatic heterocycles. The van der Waals surface area contributed by atoms with E-state index in [4.69, 9.17) is 0 Å². The third-order valence-electron chi connectivity index (χ3n) is 2.79. The predicted octanol–water partition coefficient (Wildman–Crippen LogP) is 3.01. The summed E-state index contributed by atoms with van der Waals surface area (Å²) >= 11 is 1.78. The third kappa shape index (κ3) is 5.11. The van der Waals surface area contributed by atoms with Crippen molar-refractivity contribution >= 4 is 11.8 Å². The van der Waals surface area contributed by atoms with Gasteiger partial charge >= 0.3 is 0 Å². The zero-order valence-electron chi connectivity index (χ0n) is 11.5. The van der Waals surface area contributed by atoms with Crippen LogP contribution in [-0.4, -0.2) is 37.8 Å². The van der Waals surface area contributed by atoms with Crippen LogP contribution >= 0.6 is 11.8 Å². The van der Waals surface area contributed by atoms with Gasteiger partial charge < -0.3 is 10.2 Å². The van der Waals surface area contributed by atoms with Gasteiger partial charge in [-0.3, -0.25) is 0 Å². The van der Waals surface area contributed by atoms with Crippen molar-refractivity contribution in [3.8, 4) is 0 Å². The topological polar surface area (TPSA) is 15.3 Å². The van der Waals surface area contributed by atoms with Crippen LogP contribution in [-0.2, 0) is 0 Å². The number of nitrogens with zero attached hydrogens (tertiary/aromatic N) is 1. The molecule has 0 amide bonds. The Bertz CT molecular complexity index is 321. The van der Waals surface area contributed by atoms with Crippen molar-refractivity contribution in [3.63, 3.8) is 0 Å². The quantitative estimate of drug-likeness (QED) is 0.784. The van der Waals surface area contributed by atoms with E-state index in [1.54, 1.807) is 11.8 Å². The molecule has 1 aromatic rings. The van der Waals surface area contributed by atoms with Crippen LogP contribution in [0.2, 0.25) is 0 Å². The first-order valence-corrected chi connectivity index (χ1v) is 7.30. The number of rotatable bonds is 6. The van der Waals surface area contributed by atoms with E-state index in [1.165, 1.54) is 10.5 Å². The first-order valence-electron chi connectivity index (χ1n) is 6.07. The fourth-order valence-corrected chi connectivity index (χ4v) is 2.42. The minimum absolute atomic E-state index is 0.404. The van der Waals surface area contributed by atoms with Gasteiger partial charge in [-0.05, 0) is 51.9 Å². The number of thioether (sulfide) groups is 1. The molecule has 2 nitrogen and oxygen atoms in total. The lowest BCUT2D eigenvalue weighted by atomic mass is 10.1. The van der Waals surface area contributed by atoms with Crippen molar-refractivity contribution in [1.29, 1.82) is 0 Å². The van der Waals surface area contributed by atoms with E-state index in [0.717, 1.165) is 6.54 Å². The van der Waals surface area contributed by atoms with Gasteiger partial charge in [0.1, 0.15) is 0 Å². The zero-order chi connectivity index (χ0) is 12.8. The molecule has 1 aromatic carbocycles. The molecular weight excluding hydrogens is 228 g/mol. The Balaban J connectivity index is 2.53. The first-order chi connectivity index (χ1) is 8.02. The van der Waals surface area contributed by atoms with Crippen molar-refractivity contribution in [2.75, 3.05) is 26.9 Å². The summed E-state index contributed by atoms with van der Waals surface area (Å²) < 4.78 is 0. The van der Waals surface area contributed by atoms with Crippen LogP contribution in [0.3, 0.4) is 0 Å². The maximum atomic E-state index is 3.62. The van der Waals surface area contributed by atoms with Gasteiger partial charge in [-0.2, -0.15) is 0 Å². The summed E-state index contributed by atoms with van der Waals surface area (Å²) in [6.45, 7) is 5.51. The van der Waals surface area contributed by atoms with Crippen molar-refractivity contribution in [2.45, 2.75) is 30.8 Å². The normalized spacial score (nSPS) is 14.9. The largest absolute Gasteiger partial charge is 0.308 e. The molecule has 17 heavy (non-hydrogen) atoms. The molecule has 0 saturated heterocycles. The van der Waals surface area contributed by atoms with Crippen LogP contribution in [0.25, 0.3) is 0 Å². The van der Waals surface area contributed by atoms with Gasteiger partial charge in [0.05, 0.1) is 0 Å². The van der Waals surface area contributed by atoms with E-state index in [0.29, 0.717) is 12.1 Å². The molecule has 0 aliphatic rings. The molecule has 96 valence electrons. The van der Waals surface area contributed by atoms with Crippen LogP contribution in [0.5, 0.6) is 0 Å². The summed E-state index contributed by atoms with van der Waals surface area (Å²) in [7, 11) is 4.21. The Morgan fingerprint density at radius 2 is 1.76 bits per heavy atom. The van der Waals surface area contributed by atoms with Gasteiger partial charge in [0.15, 0.2) is 0 Å². The lowest BCUT2D eigenvalue weighted by Crippen LogP contribution is -2.37. The fraction of sp³-hybridized carbons (Fsp3) is 0.571. The van der Waals surface area contributed by atoms with Crippen LogP contribution in [0, 0.1) is 0 Å². The summed E-state index contributed by atoms with van der Waals surface area (Å²) in [5.74, 6) is 0. The van der Waals surface area contributed by atoms with E-state index in [1.807, 2.05) is 0 Å². The lowest BCUT2D eigenvalue weighted by molar-refractivity contribution is 0.334. The van der Waals surface area contributed by atoms with Crippen molar-refractivity contribution < 1.29 is 0 Å². The van der Waals surface area contributed by atoms with Crippen LogP contribution in [0.1, 0.15) is 25.5 Å². The SMILES string of the molecule is CSc1ccc(C(C)NC(C)CN(C)C)cc1. The van der Waals surface area contributed by atoms with Gasteiger partial charge in [-0.25, -0.2) is 0 Å². The second-order valence-corrected chi connectivity index (χ2v) is 5.70. The molecule has 1 N–H and O–H groups in total. The zero-order valence-corrected chi connectivity index (χ0v) is 12.3. The number of hydrogen-bond acceptors (Lipinski definition) is 3. The molecule has 0 aliphatic carbocycles. The van der Waals surface area contributed by atoms with Crippen LogP contribution < -0.4 is 5.32 Å². The molecule has 0 fully saturated rings. The maximum absolute atomic E-state index is 3.62. The van der Waals surface area contributed by atoms with Gasteiger partial charge in [-0.1, -0.05) is 12.1 Å². The highest BCUT2D eigenvalue weighted by Gasteiger charge is 2.09. The van der Waals surface area contributed by atoms with E-state index in [9.17, 15) is 0 Å². The lowest BCUT2D eigenvalue weighted by Gasteiger charge is -2.23. The molecule has 0 spiro atoms. The van der Waals surface area contributed by atoms with E-state index in [2.05, 4.69) is 68.7 Å². The number of benzene rings is 1. The summed E-state index contributed by atoms with van der Waals surface area (Å²) in [4.78, 5) is 3.53. The van der Waals surface area contributed by atoms with Crippen molar-refractivity contribution in [2.24, 2.45) is 0 Å². The molecule has 2 atom stereocenters. The molecule has 3 heteroatoms. The highest BCUT2D eigenvalue weighted by atomic mass is 32.2. The standard InChI is InChI=1S/C14H24N2S/c1-11(10-16(3)4)15-12(2)13-6-8-14(17-5)9-7-13/h6-9,11-12,15H,10H2,1-5H3. The minimum Gasteiger partial charge on any atom is -0.308 e. The van der Waals surface area contributed by atoms with E-state index < -0.39 is 0 Å². The minimum atomic E-state index is 0.404. The van der Waals surface area contributed by atoms with Gasteiger partial charge in [0, 0.05) is 23.5 Å². The van der Waals surface area contributed by atoms with Crippen LogP contribution in [0.15, 0.2) is 29.2 Å². The average molecular weight is 252 g/mol. The number of nitrogens with one attached hydrogen (secondary N) is 1. The van der Waals surface area contributed by atoms with Gasteiger partial charge in [0.25, 0.3) is 0 Å². The monoisotopic (exact) mass is 252 g/mol. The van der Waals surface area contributed by atoms with Crippen molar-refractivity contribution in [3.05, 3.63) is 29.8 Å². The molecule has 1 rings (SSSR count). The second kappa shape index (κ2) is 7.04. The molecule has 0 bridgehead atoms. The summed E-state index contributed by atoms with van der Waals surface area (Å²) in [5.41, 5.74) is 1.36. The van der Waals surface area contributed by atoms with E-state index in [-0.39, 0.29) is 0 Å². The van der Waals surface area contributed by atoms with Crippen molar-refractivity contribution in [1.82, 2.24) is 10.2 Å². The van der Waals surface area contributed by atoms with Gasteiger partial charge in [0.2, 0.25) is 0 Å². The molecule has 0 radical (unpaired) electrons. The highest BCUT2D eigenvalue weighted by molar-refractivity contribution is 7.98. The molecule has 0 saturated carbocycles. The molecule has 0 heterocycles. The van der Waals surface area contributed by atoms with Gasteiger partial charge in [-0.15, -0.1) is 11.8 Å². The number of hydrogen-bond donors (Lipinski definition) is 1. The predicted molar refractivity (Wildman–Crippen MR) is 77.8 cm³/mol. The smallest absolute Gasteiger partial charge is 0.0294 e. The Kier molecular flexibility index (Phi) is 6.03. The summed E-state index contributed by atoms with van der Waals surface area (Å²) in [6.07, 6.45) is 2.11. The average Bonchev–Trinajstić information content (AvgIpc) is 2.28. The van der Waals surface area contributed by atoms with Crippen LogP contribution in [0.4, 0.5) is 0 Å². The maximum Gasteiger partial charge on any atom is 0.0294 e. The summed E-state index contributed by atoms with van der Waals surface area (Å²) in [5, 5.41) is 3.62. The number of likely N-dealkylation sites (N-methyl/N-ethyl adjacent to an activating group) is 1. The second-order valence-electron chi connectivity index (χ2n) is 4.82.